The second-order valence-corrected chi connectivity index (χ2v) is 4.79. The van der Waals surface area contributed by atoms with Gasteiger partial charge in [0.25, 0.3) is 0 Å². The van der Waals surface area contributed by atoms with Gasteiger partial charge in [-0.25, -0.2) is 0 Å². The summed E-state index contributed by atoms with van der Waals surface area (Å²) in [5.41, 5.74) is -0.558. The molecule has 0 aliphatic rings. The maximum absolute atomic E-state index is 9.97. The number of rotatable bonds is 6. The average molecular weight is 187 g/mol. The van der Waals surface area contributed by atoms with Crippen LogP contribution in [0.3, 0.4) is 0 Å². The van der Waals surface area contributed by atoms with Gasteiger partial charge in [-0.15, -0.1) is 0 Å². The molecule has 0 aromatic carbocycles. The maximum Gasteiger partial charge on any atom is 0.0746 e. The van der Waals surface area contributed by atoms with Gasteiger partial charge < -0.3 is 10.4 Å². The molecule has 0 amide bonds. The first-order valence-electron chi connectivity index (χ1n) is 5.33. The van der Waals surface area contributed by atoms with Gasteiger partial charge in [0.15, 0.2) is 0 Å². The Morgan fingerprint density at radius 3 is 2.23 bits per heavy atom. The number of hydrogen-bond acceptors (Lipinski definition) is 2. The third kappa shape index (κ3) is 7.03. The molecule has 0 aromatic heterocycles. The summed E-state index contributed by atoms with van der Waals surface area (Å²) in [6, 6.07) is 0.499. The Kier molecular flexibility index (Phi) is 5.57. The fourth-order valence-electron chi connectivity index (χ4n) is 1.49. The molecule has 2 heteroatoms. The van der Waals surface area contributed by atoms with E-state index in [0.717, 1.165) is 12.8 Å². The Hall–Kier alpha value is -0.0800. The third-order valence-electron chi connectivity index (χ3n) is 2.29. The quantitative estimate of drug-likeness (QED) is 0.668. The van der Waals surface area contributed by atoms with Gasteiger partial charge >= 0.3 is 0 Å². The van der Waals surface area contributed by atoms with E-state index < -0.39 is 5.60 Å². The summed E-state index contributed by atoms with van der Waals surface area (Å²) in [6.45, 7) is 11.2. The molecule has 80 valence electrons. The van der Waals surface area contributed by atoms with Crippen molar-refractivity contribution in [3.05, 3.63) is 0 Å². The summed E-state index contributed by atoms with van der Waals surface area (Å²) in [4.78, 5) is 0. The molecule has 2 N–H and O–H groups in total. The van der Waals surface area contributed by atoms with Crippen molar-refractivity contribution in [3.8, 4) is 0 Å². The van der Waals surface area contributed by atoms with Crippen molar-refractivity contribution in [2.75, 3.05) is 6.54 Å². The fourth-order valence-corrected chi connectivity index (χ4v) is 1.49. The van der Waals surface area contributed by atoms with Gasteiger partial charge in [-0.3, -0.25) is 0 Å². The molecule has 0 rings (SSSR count). The molecule has 0 spiro atoms. The van der Waals surface area contributed by atoms with Gasteiger partial charge in [0, 0.05) is 12.6 Å². The zero-order valence-electron chi connectivity index (χ0n) is 9.72. The summed E-state index contributed by atoms with van der Waals surface area (Å²) in [5, 5.41) is 13.3. The lowest BCUT2D eigenvalue weighted by molar-refractivity contribution is 0.0363. The summed E-state index contributed by atoms with van der Waals surface area (Å²) in [7, 11) is 0. The lowest BCUT2D eigenvalue weighted by Crippen LogP contribution is -2.42. The monoisotopic (exact) mass is 187 g/mol. The van der Waals surface area contributed by atoms with E-state index in [1.807, 2.05) is 6.92 Å². The summed E-state index contributed by atoms with van der Waals surface area (Å²) in [6.07, 6.45) is 1.97. The zero-order chi connectivity index (χ0) is 10.5. The van der Waals surface area contributed by atoms with E-state index >= 15 is 0 Å². The van der Waals surface area contributed by atoms with Crippen LogP contribution in [0, 0.1) is 5.92 Å². The smallest absolute Gasteiger partial charge is 0.0746 e. The predicted molar refractivity (Wildman–Crippen MR) is 57.8 cm³/mol. The van der Waals surface area contributed by atoms with Crippen LogP contribution >= 0.6 is 0 Å². The normalized spacial score (nSPS) is 18.7. The highest BCUT2D eigenvalue weighted by Gasteiger charge is 2.21. The van der Waals surface area contributed by atoms with Gasteiger partial charge in [-0.1, -0.05) is 20.8 Å². The zero-order valence-corrected chi connectivity index (χ0v) is 9.72. The Morgan fingerprint density at radius 2 is 1.85 bits per heavy atom. The molecule has 0 fully saturated rings. The van der Waals surface area contributed by atoms with Crippen LogP contribution in [0.1, 0.15) is 47.5 Å². The molecule has 0 heterocycles. The number of hydrogen-bond donors (Lipinski definition) is 2. The first-order valence-corrected chi connectivity index (χ1v) is 5.33. The van der Waals surface area contributed by atoms with E-state index in [2.05, 4.69) is 33.0 Å². The Balaban J connectivity index is 3.74. The standard InChI is InChI=1S/C11H25NO/c1-6-10(4)12-8-11(5,13)7-9(2)3/h9-10,12-13H,6-8H2,1-5H3. The number of aliphatic hydroxyl groups is 1. The van der Waals surface area contributed by atoms with Crippen LogP contribution in [0.5, 0.6) is 0 Å². The molecule has 13 heavy (non-hydrogen) atoms. The topological polar surface area (TPSA) is 32.3 Å². The second-order valence-electron chi connectivity index (χ2n) is 4.79. The highest BCUT2D eigenvalue weighted by molar-refractivity contribution is 4.78. The molecule has 0 aliphatic carbocycles. The van der Waals surface area contributed by atoms with Crippen LogP contribution < -0.4 is 5.32 Å². The average Bonchev–Trinajstić information content (AvgIpc) is 1.98. The Morgan fingerprint density at radius 1 is 1.31 bits per heavy atom. The maximum atomic E-state index is 9.97. The van der Waals surface area contributed by atoms with Crippen molar-refractivity contribution in [3.63, 3.8) is 0 Å². The molecular formula is C11H25NO. The van der Waals surface area contributed by atoms with Crippen molar-refractivity contribution >= 4 is 0 Å². The van der Waals surface area contributed by atoms with Crippen molar-refractivity contribution in [2.24, 2.45) is 5.92 Å². The Labute approximate surface area is 82.7 Å². The molecule has 0 aliphatic heterocycles. The van der Waals surface area contributed by atoms with E-state index in [1.165, 1.54) is 0 Å². The van der Waals surface area contributed by atoms with Crippen LogP contribution in [0.15, 0.2) is 0 Å². The molecule has 0 saturated heterocycles. The molecule has 2 atom stereocenters. The van der Waals surface area contributed by atoms with Crippen LogP contribution in [-0.4, -0.2) is 23.3 Å². The highest BCUT2D eigenvalue weighted by Crippen LogP contribution is 2.15. The summed E-state index contributed by atoms with van der Waals surface area (Å²) >= 11 is 0. The van der Waals surface area contributed by atoms with E-state index in [-0.39, 0.29) is 0 Å². The van der Waals surface area contributed by atoms with Gasteiger partial charge in [0.1, 0.15) is 0 Å². The van der Waals surface area contributed by atoms with Crippen LogP contribution in [-0.2, 0) is 0 Å². The second kappa shape index (κ2) is 5.61. The number of nitrogens with one attached hydrogen (secondary N) is 1. The SMILES string of the molecule is CCC(C)NCC(C)(O)CC(C)C. The minimum absolute atomic E-state index is 0.499. The van der Waals surface area contributed by atoms with Gasteiger partial charge in [-0.2, -0.15) is 0 Å². The summed E-state index contributed by atoms with van der Waals surface area (Å²) in [5.74, 6) is 0.550. The van der Waals surface area contributed by atoms with Crippen LogP contribution in [0.2, 0.25) is 0 Å². The van der Waals surface area contributed by atoms with Crippen molar-refractivity contribution in [2.45, 2.75) is 59.1 Å². The first-order chi connectivity index (χ1) is 5.87. The molecule has 2 nitrogen and oxygen atoms in total. The van der Waals surface area contributed by atoms with Crippen LogP contribution in [0.25, 0.3) is 0 Å². The largest absolute Gasteiger partial charge is 0.389 e. The molecular weight excluding hydrogens is 162 g/mol. The van der Waals surface area contributed by atoms with Crippen LogP contribution in [0.4, 0.5) is 0 Å². The highest BCUT2D eigenvalue weighted by atomic mass is 16.3. The molecule has 0 aromatic rings. The summed E-state index contributed by atoms with van der Waals surface area (Å²) < 4.78 is 0. The van der Waals surface area contributed by atoms with E-state index in [1.54, 1.807) is 0 Å². The van der Waals surface area contributed by atoms with Gasteiger partial charge in [0.05, 0.1) is 5.60 Å². The molecule has 0 saturated carbocycles. The fraction of sp³-hybridized carbons (Fsp3) is 1.00. The first kappa shape index (κ1) is 12.9. The molecule has 2 unspecified atom stereocenters. The Bertz CT molecular complexity index is 132. The third-order valence-corrected chi connectivity index (χ3v) is 2.29. The minimum Gasteiger partial charge on any atom is -0.389 e. The van der Waals surface area contributed by atoms with E-state index in [0.29, 0.717) is 18.5 Å². The van der Waals surface area contributed by atoms with E-state index in [9.17, 15) is 5.11 Å². The van der Waals surface area contributed by atoms with E-state index in [4.69, 9.17) is 0 Å². The molecule has 0 radical (unpaired) electrons. The van der Waals surface area contributed by atoms with Crippen molar-refractivity contribution in [1.82, 2.24) is 5.32 Å². The van der Waals surface area contributed by atoms with Crippen molar-refractivity contribution < 1.29 is 5.11 Å². The van der Waals surface area contributed by atoms with Gasteiger partial charge in [-0.05, 0) is 32.6 Å². The lowest BCUT2D eigenvalue weighted by Gasteiger charge is -2.27. The lowest BCUT2D eigenvalue weighted by atomic mass is 9.94. The van der Waals surface area contributed by atoms with Crippen molar-refractivity contribution in [1.29, 1.82) is 0 Å². The molecule has 0 bridgehead atoms. The van der Waals surface area contributed by atoms with Gasteiger partial charge in [0.2, 0.25) is 0 Å². The minimum atomic E-state index is -0.558. The predicted octanol–water partition coefficient (Wildman–Crippen LogP) is 2.17.